The molecule has 2 heterocycles. The van der Waals surface area contributed by atoms with Crippen molar-refractivity contribution in [2.24, 2.45) is 0 Å². The molecule has 1 atom stereocenters. The van der Waals surface area contributed by atoms with Crippen LogP contribution in [0.25, 0.3) is 0 Å². The molecule has 180 valence electrons. The molecule has 8 nitrogen and oxygen atoms in total. The first-order valence-electron chi connectivity index (χ1n) is 11.5. The van der Waals surface area contributed by atoms with Gasteiger partial charge in [-0.2, -0.15) is 4.31 Å². The van der Waals surface area contributed by atoms with E-state index < -0.39 is 16.1 Å². The van der Waals surface area contributed by atoms with Crippen molar-refractivity contribution < 1.29 is 22.7 Å². The van der Waals surface area contributed by atoms with Crippen LogP contribution in [0.5, 0.6) is 11.5 Å². The van der Waals surface area contributed by atoms with Crippen LogP contribution in [0.1, 0.15) is 19.3 Å². The van der Waals surface area contributed by atoms with Crippen LogP contribution < -0.4 is 15.0 Å². The Hall–Kier alpha value is -3.69. The molecule has 0 aliphatic carbocycles. The third kappa shape index (κ3) is 4.78. The van der Waals surface area contributed by atoms with E-state index in [-0.39, 0.29) is 23.1 Å². The number of nitrogens with zero attached hydrogens (tertiary/aromatic N) is 2. The molecule has 2 amide bonds. The molecule has 0 unspecified atom stereocenters. The van der Waals surface area contributed by atoms with Crippen molar-refractivity contribution in [3.63, 3.8) is 0 Å². The van der Waals surface area contributed by atoms with Gasteiger partial charge in [0.15, 0.2) is 0 Å². The average molecular weight is 492 g/mol. The number of amides is 2. The van der Waals surface area contributed by atoms with Gasteiger partial charge in [0, 0.05) is 18.8 Å². The molecule has 2 aliphatic rings. The van der Waals surface area contributed by atoms with Gasteiger partial charge in [0.05, 0.1) is 17.0 Å². The Morgan fingerprint density at radius 1 is 0.800 bits per heavy atom. The molecule has 2 aliphatic heterocycles. The number of hydrogen-bond donors (Lipinski definition) is 1. The highest BCUT2D eigenvalue weighted by atomic mass is 32.2. The lowest BCUT2D eigenvalue weighted by atomic mass is 10.2. The number of hydrogen-bond acceptors (Lipinski definition) is 6. The number of para-hydroxylation sites is 1. The van der Waals surface area contributed by atoms with E-state index in [4.69, 9.17) is 4.74 Å². The van der Waals surface area contributed by atoms with Gasteiger partial charge in [-0.25, -0.2) is 13.3 Å². The van der Waals surface area contributed by atoms with Crippen LogP contribution in [0.3, 0.4) is 0 Å². The molecule has 0 radical (unpaired) electrons. The zero-order valence-electron chi connectivity index (χ0n) is 19.0. The van der Waals surface area contributed by atoms with E-state index in [9.17, 15) is 18.0 Å². The second-order valence-corrected chi connectivity index (χ2v) is 10.5. The third-order valence-electron chi connectivity index (χ3n) is 6.12. The lowest BCUT2D eigenvalue weighted by Crippen LogP contribution is -2.34. The summed E-state index contributed by atoms with van der Waals surface area (Å²) >= 11 is 0. The summed E-state index contributed by atoms with van der Waals surface area (Å²) in [6.45, 7) is 1.08. The Morgan fingerprint density at radius 2 is 1.43 bits per heavy atom. The van der Waals surface area contributed by atoms with Crippen LogP contribution in [0.15, 0.2) is 83.8 Å². The van der Waals surface area contributed by atoms with Gasteiger partial charge in [-0.1, -0.05) is 18.2 Å². The van der Waals surface area contributed by atoms with E-state index in [0.717, 1.165) is 17.7 Å². The fourth-order valence-electron chi connectivity index (χ4n) is 4.31. The molecule has 2 fully saturated rings. The summed E-state index contributed by atoms with van der Waals surface area (Å²) in [5.74, 6) is 0.618. The van der Waals surface area contributed by atoms with E-state index >= 15 is 0 Å². The van der Waals surface area contributed by atoms with Gasteiger partial charge >= 0.3 is 0 Å². The molecule has 0 bridgehead atoms. The third-order valence-corrected chi connectivity index (χ3v) is 8.03. The highest BCUT2D eigenvalue weighted by molar-refractivity contribution is 7.89. The summed E-state index contributed by atoms with van der Waals surface area (Å²) in [4.78, 5) is 27.0. The molecule has 0 aromatic heterocycles. The Bertz CT molecular complexity index is 1320. The van der Waals surface area contributed by atoms with E-state index in [1.54, 1.807) is 36.4 Å². The minimum absolute atomic E-state index is 0.00886. The summed E-state index contributed by atoms with van der Waals surface area (Å²) in [5, 5.41) is 3.07. The fraction of sp³-hybridized carbons (Fsp3) is 0.231. The number of rotatable bonds is 7. The van der Waals surface area contributed by atoms with E-state index in [0.29, 0.717) is 36.0 Å². The van der Waals surface area contributed by atoms with Crippen molar-refractivity contribution in [2.75, 3.05) is 23.3 Å². The maximum absolute atomic E-state index is 13.0. The normalized spacial score (nSPS) is 18.7. The molecule has 3 aromatic rings. The summed E-state index contributed by atoms with van der Waals surface area (Å²) in [5.41, 5.74) is 1.04. The summed E-state index contributed by atoms with van der Waals surface area (Å²) in [6, 6.07) is 21.7. The van der Waals surface area contributed by atoms with Crippen LogP contribution in [-0.2, 0) is 19.6 Å². The standard InChI is InChI=1S/C26H25N3O5S/c30-25-18-24(27-19-8-14-23(15-9-19)35(32,33)28-16-4-5-17-28)26(31)29(25)20-10-12-22(13-11-20)34-21-6-2-1-3-7-21/h1-3,6-15,24,27H,4-5,16-18H2/t24-/m0/s1. The van der Waals surface area contributed by atoms with Gasteiger partial charge in [-0.05, 0) is 73.5 Å². The molecule has 9 heteroatoms. The lowest BCUT2D eigenvalue weighted by molar-refractivity contribution is -0.121. The van der Waals surface area contributed by atoms with Crippen molar-refractivity contribution in [2.45, 2.75) is 30.2 Å². The number of anilines is 2. The number of carbonyl (C=O) groups is 2. The predicted octanol–water partition coefficient (Wildman–Crippen LogP) is 4.01. The van der Waals surface area contributed by atoms with Gasteiger partial charge in [-0.3, -0.25) is 9.59 Å². The van der Waals surface area contributed by atoms with Crippen molar-refractivity contribution >= 4 is 33.2 Å². The zero-order chi connectivity index (χ0) is 24.4. The van der Waals surface area contributed by atoms with Gasteiger partial charge in [0.1, 0.15) is 17.5 Å². The molecular formula is C26H25N3O5S. The van der Waals surface area contributed by atoms with Crippen LogP contribution in [-0.4, -0.2) is 43.7 Å². The molecule has 0 saturated carbocycles. The molecule has 2 saturated heterocycles. The second kappa shape index (κ2) is 9.52. The predicted molar refractivity (Wildman–Crippen MR) is 132 cm³/mol. The number of nitrogens with one attached hydrogen (secondary N) is 1. The van der Waals surface area contributed by atoms with Gasteiger partial charge in [0.2, 0.25) is 15.9 Å². The first-order chi connectivity index (χ1) is 16.9. The Kier molecular flexibility index (Phi) is 6.27. The van der Waals surface area contributed by atoms with Crippen molar-refractivity contribution in [1.29, 1.82) is 0 Å². The van der Waals surface area contributed by atoms with E-state index in [1.165, 1.54) is 16.4 Å². The average Bonchev–Trinajstić information content (AvgIpc) is 3.50. The topological polar surface area (TPSA) is 96.0 Å². The summed E-state index contributed by atoms with van der Waals surface area (Å²) in [6.07, 6.45) is 1.75. The Balaban J connectivity index is 1.25. The molecule has 5 rings (SSSR count). The maximum Gasteiger partial charge on any atom is 0.256 e. The van der Waals surface area contributed by atoms with E-state index in [2.05, 4.69) is 5.32 Å². The molecule has 0 spiro atoms. The SMILES string of the molecule is O=C1C[C@H](Nc2ccc(S(=O)(=O)N3CCCC3)cc2)C(=O)N1c1ccc(Oc2ccccc2)cc1. The largest absolute Gasteiger partial charge is 0.457 e. The smallest absolute Gasteiger partial charge is 0.256 e. The number of carbonyl (C=O) groups excluding carboxylic acids is 2. The van der Waals surface area contributed by atoms with Crippen molar-refractivity contribution in [3.8, 4) is 11.5 Å². The zero-order valence-corrected chi connectivity index (χ0v) is 19.8. The van der Waals surface area contributed by atoms with Crippen molar-refractivity contribution in [3.05, 3.63) is 78.9 Å². The van der Waals surface area contributed by atoms with Gasteiger partial charge in [-0.15, -0.1) is 0 Å². The molecular weight excluding hydrogens is 466 g/mol. The second-order valence-electron chi connectivity index (χ2n) is 8.51. The molecule has 35 heavy (non-hydrogen) atoms. The summed E-state index contributed by atoms with van der Waals surface area (Å²) in [7, 11) is -3.50. The minimum atomic E-state index is -3.50. The Morgan fingerprint density at radius 3 is 2.09 bits per heavy atom. The van der Waals surface area contributed by atoms with Crippen LogP contribution >= 0.6 is 0 Å². The first-order valence-corrected chi connectivity index (χ1v) is 12.9. The number of benzene rings is 3. The highest BCUT2D eigenvalue weighted by Gasteiger charge is 2.39. The van der Waals surface area contributed by atoms with Gasteiger partial charge in [0.25, 0.3) is 5.91 Å². The fourth-order valence-corrected chi connectivity index (χ4v) is 5.82. The van der Waals surface area contributed by atoms with Crippen LogP contribution in [0.4, 0.5) is 11.4 Å². The van der Waals surface area contributed by atoms with Crippen LogP contribution in [0.2, 0.25) is 0 Å². The quantitative estimate of drug-likeness (QED) is 0.502. The maximum atomic E-state index is 13.0. The number of ether oxygens (including phenoxy) is 1. The molecule has 1 N–H and O–H groups in total. The summed E-state index contributed by atoms with van der Waals surface area (Å²) < 4.78 is 32.7. The molecule has 3 aromatic carbocycles. The van der Waals surface area contributed by atoms with E-state index in [1.807, 2.05) is 30.3 Å². The van der Waals surface area contributed by atoms with Gasteiger partial charge < -0.3 is 10.1 Å². The minimum Gasteiger partial charge on any atom is -0.457 e. The number of imide groups is 1. The van der Waals surface area contributed by atoms with Crippen LogP contribution in [0, 0.1) is 0 Å². The lowest BCUT2D eigenvalue weighted by Gasteiger charge is -2.18. The highest BCUT2D eigenvalue weighted by Crippen LogP contribution is 2.29. The monoisotopic (exact) mass is 491 g/mol. The number of sulfonamides is 1. The first kappa shape index (κ1) is 23.1. The van der Waals surface area contributed by atoms with Crippen molar-refractivity contribution in [1.82, 2.24) is 4.31 Å². The Labute approximate surface area is 204 Å².